The van der Waals surface area contributed by atoms with Crippen LogP contribution in [-0.2, 0) is 52.9 Å². The average Bonchev–Trinajstić information content (AvgIpc) is 4.04. The van der Waals surface area contributed by atoms with E-state index in [1.807, 2.05) is 93.6 Å². The summed E-state index contributed by atoms with van der Waals surface area (Å²) >= 11 is 0. The molecular weight excluding hydrogens is 929 g/mol. The fourth-order valence-corrected chi connectivity index (χ4v) is 10.6. The number of nitrogens with one attached hydrogen (secondary N) is 3. The molecular formula is C56H76N8O9. The molecule has 7 amide bonds. The van der Waals surface area contributed by atoms with Gasteiger partial charge in [0, 0.05) is 46.3 Å². The Morgan fingerprint density at radius 1 is 0.822 bits per heavy atom. The van der Waals surface area contributed by atoms with Crippen LogP contribution >= 0.6 is 0 Å². The summed E-state index contributed by atoms with van der Waals surface area (Å²) in [5, 5.41) is 18.9. The summed E-state index contributed by atoms with van der Waals surface area (Å²) < 4.78 is 5.81. The summed E-state index contributed by atoms with van der Waals surface area (Å²) in [5.41, 5.74) is 8.92. The van der Waals surface area contributed by atoms with E-state index in [-0.39, 0.29) is 62.8 Å². The van der Waals surface area contributed by atoms with Crippen molar-refractivity contribution in [3.05, 3.63) is 107 Å². The van der Waals surface area contributed by atoms with Crippen molar-refractivity contribution < 1.29 is 43.4 Å². The molecule has 17 nitrogen and oxygen atoms in total. The van der Waals surface area contributed by atoms with E-state index in [0.29, 0.717) is 19.3 Å². The van der Waals surface area contributed by atoms with Crippen molar-refractivity contribution in [2.24, 2.45) is 22.0 Å². The van der Waals surface area contributed by atoms with Crippen molar-refractivity contribution in [3.63, 3.8) is 0 Å². The van der Waals surface area contributed by atoms with Crippen LogP contribution in [0.1, 0.15) is 120 Å². The number of likely N-dealkylation sites (N-methyl/N-ethyl adjacent to an activating group) is 1. The SMILES string of the molecule is COC[C@H](c1ccccc1)N(CC1(C(=O)N[C@H]2C[C@@H](C(=O)N[C@@H]3CCCc4ccccc43)N(C(=O)C(NC(=O)C(C)N(C)C(=O)O)C(C)(C)C)C2)CC1)C(=O)C1Cc2ccccc2CN1C(=O)C(N)C(C)(C)C. The molecule has 4 aliphatic rings. The van der Waals surface area contributed by atoms with Crippen molar-refractivity contribution in [3.8, 4) is 0 Å². The molecule has 0 spiro atoms. The summed E-state index contributed by atoms with van der Waals surface area (Å²) in [5.74, 6) is -2.64. The van der Waals surface area contributed by atoms with Gasteiger partial charge in [-0.15, -0.1) is 0 Å². The Balaban J connectivity index is 1.19. The van der Waals surface area contributed by atoms with E-state index < -0.39 is 82.4 Å². The third-order valence-corrected chi connectivity index (χ3v) is 15.6. The quantitative estimate of drug-likeness (QED) is 0.127. The molecule has 0 aromatic heterocycles. The number of hydrogen-bond donors (Lipinski definition) is 5. The van der Waals surface area contributed by atoms with Crippen LogP contribution in [0, 0.1) is 16.2 Å². The van der Waals surface area contributed by atoms with Gasteiger partial charge in [-0.25, -0.2) is 4.79 Å². The molecule has 73 heavy (non-hydrogen) atoms. The minimum atomic E-state index is -1.31. The monoisotopic (exact) mass is 1000 g/mol. The number of likely N-dealkylation sites (tertiary alicyclic amines) is 1. The van der Waals surface area contributed by atoms with Crippen molar-refractivity contribution in [1.82, 2.24) is 35.6 Å². The lowest BCUT2D eigenvalue weighted by atomic mass is 9.84. The Kier molecular flexibility index (Phi) is 16.4. The zero-order valence-corrected chi connectivity index (χ0v) is 44.0. The van der Waals surface area contributed by atoms with E-state index in [9.17, 15) is 29.1 Å². The summed E-state index contributed by atoms with van der Waals surface area (Å²) in [6.45, 7) is 12.7. The maximum atomic E-state index is 15.6. The van der Waals surface area contributed by atoms with Crippen LogP contribution in [-0.4, -0.2) is 136 Å². The third kappa shape index (κ3) is 12.0. The maximum absolute atomic E-state index is 15.6. The second kappa shape index (κ2) is 22.0. The van der Waals surface area contributed by atoms with Gasteiger partial charge in [0.15, 0.2) is 0 Å². The number of ether oxygens (including phenoxy) is 1. The third-order valence-electron chi connectivity index (χ3n) is 15.6. The minimum Gasteiger partial charge on any atom is -0.465 e. The summed E-state index contributed by atoms with van der Waals surface area (Å²) in [6, 6.07) is 18.4. The molecule has 3 aromatic rings. The van der Waals surface area contributed by atoms with E-state index in [2.05, 4.69) is 22.0 Å². The highest BCUT2D eigenvalue weighted by atomic mass is 16.5. The van der Waals surface area contributed by atoms with Gasteiger partial charge in [0.05, 0.1) is 30.1 Å². The molecule has 2 aliphatic heterocycles. The fraction of sp³-hybridized carbons (Fsp3) is 0.554. The molecule has 4 unspecified atom stereocenters. The van der Waals surface area contributed by atoms with Crippen molar-refractivity contribution in [2.75, 3.05) is 33.9 Å². The highest BCUT2D eigenvalue weighted by Crippen LogP contribution is 2.48. The highest BCUT2D eigenvalue weighted by molar-refractivity contribution is 5.96. The first-order chi connectivity index (χ1) is 34.4. The topological polar surface area (TPSA) is 224 Å². The van der Waals surface area contributed by atoms with E-state index in [1.54, 1.807) is 37.7 Å². The first-order valence-corrected chi connectivity index (χ1v) is 25.7. The van der Waals surface area contributed by atoms with Gasteiger partial charge in [-0.2, -0.15) is 0 Å². The normalized spacial score (nSPS) is 21.8. The molecule has 3 aromatic carbocycles. The largest absolute Gasteiger partial charge is 0.465 e. The molecule has 6 N–H and O–H groups in total. The number of amides is 7. The van der Waals surface area contributed by atoms with E-state index >= 15 is 9.59 Å². The lowest BCUT2D eigenvalue weighted by Crippen LogP contribution is -2.60. The molecule has 7 rings (SSSR count). The molecule has 2 heterocycles. The van der Waals surface area contributed by atoms with Crippen molar-refractivity contribution in [2.45, 2.75) is 148 Å². The number of aryl methyl sites for hydroxylation is 1. The Bertz CT molecular complexity index is 2540. The van der Waals surface area contributed by atoms with Crippen LogP contribution < -0.4 is 21.7 Å². The van der Waals surface area contributed by atoms with Gasteiger partial charge in [-0.1, -0.05) is 120 Å². The first kappa shape index (κ1) is 54.4. The van der Waals surface area contributed by atoms with Gasteiger partial charge in [-0.05, 0) is 84.1 Å². The molecule has 8 atom stereocenters. The number of hydrogen-bond acceptors (Lipinski definition) is 9. The number of carbonyl (C=O) groups is 7. The lowest BCUT2D eigenvalue weighted by molar-refractivity contribution is -0.152. The maximum Gasteiger partial charge on any atom is 0.407 e. The van der Waals surface area contributed by atoms with Crippen molar-refractivity contribution >= 4 is 41.5 Å². The standard InChI is InChI=1S/C56H76N8O9/c1-34(61(8)53(71)72)47(65)60-46(55(5,6)7)51(69)63-31-39(29-42(63)48(66)59-41-25-17-23-35-18-15-16-24-40(35)41)58-52(70)56(26-27-56)33-64(44(32-73-9)36-19-11-10-12-20-36)49(67)43-28-37-21-13-14-22-38(37)30-62(43)50(68)45(57)54(2,3)4/h10-16,18-22,24,34,39,41-46H,17,23,25-33,57H2,1-9H3,(H,58,70)(H,59,66)(H,60,65)(H,71,72)/t34?,39-,41+,42-,43?,44+,45?,46?/m0/s1. The van der Waals surface area contributed by atoms with E-state index in [0.717, 1.165) is 45.6 Å². The van der Waals surface area contributed by atoms with Gasteiger partial charge in [0.1, 0.15) is 24.2 Å². The Morgan fingerprint density at radius 3 is 2.07 bits per heavy atom. The number of nitrogens with zero attached hydrogens (tertiary/aromatic N) is 4. The zero-order chi connectivity index (χ0) is 53.2. The molecule has 0 bridgehead atoms. The predicted octanol–water partition coefficient (Wildman–Crippen LogP) is 5.12. The van der Waals surface area contributed by atoms with Crippen LogP contribution in [0.15, 0.2) is 78.9 Å². The van der Waals surface area contributed by atoms with Crippen molar-refractivity contribution in [1.29, 1.82) is 0 Å². The second-order valence-corrected chi connectivity index (χ2v) is 22.9. The number of methoxy groups -OCH3 is 1. The summed E-state index contributed by atoms with van der Waals surface area (Å²) in [6.07, 6.45) is 2.34. The van der Waals surface area contributed by atoms with E-state index in [1.165, 1.54) is 18.9 Å². The highest BCUT2D eigenvalue weighted by Gasteiger charge is 2.55. The van der Waals surface area contributed by atoms with Crippen LogP contribution in [0.5, 0.6) is 0 Å². The molecule has 2 aliphatic carbocycles. The second-order valence-electron chi connectivity index (χ2n) is 22.9. The van der Waals surface area contributed by atoms with Crippen LogP contribution in [0.4, 0.5) is 4.79 Å². The van der Waals surface area contributed by atoms with Crippen LogP contribution in [0.3, 0.4) is 0 Å². The number of rotatable bonds is 16. The van der Waals surface area contributed by atoms with Gasteiger partial charge in [0.25, 0.3) is 0 Å². The molecule has 17 heteroatoms. The molecule has 1 saturated carbocycles. The number of carboxylic acid groups (broad SMARTS) is 1. The van der Waals surface area contributed by atoms with Gasteiger partial charge in [0.2, 0.25) is 35.4 Å². The summed E-state index contributed by atoms with van der Waals surface area (Å²) in [7, 11) is 2.83. The number of carbonyl (C=O) groups excluding carboxylic acids is 6. The smallest absolute Gasteiger partial charge is 0.407 e. The molecule has 1 saturated heterocycles. The molecule has 2 fully saturated rings. The summed E-state index contributed by atoms with van der Waals surface area (Å²) in [4.78, 5) is 106. The minimum absolute atomic E-state index is 0.00639. The number of nitrogens with two attached hydrogens (primary N) is 1. The van der Waals surface area contributed by atoms with Gasteiger partial charge in [-0.3, -0.25) is 33.7 Å². The Morgan fingerprint density at radius 2 is 1.45 bits per heavy atom. The first-order valence-electron chi connectivity index (χ1n) is 25.7. The average molecular weight is 1010 g/mol. The van der Waals surface area contributed by atoms with Crippen LogP contribution in [0.25, 0.3) is 0 Å². The Labute approximate surface area is 429 Å². The van der Waals surface area contributed by atoms with Gasteiger partial charge >= 0.3 is 6.09 Å². The molecule has 0 radical (unpaired) electrons. The zero-order valence-electron chi connectivity index (χ0n) is 44.0. The van der Waals surface area contributed by atoms with E-state index in [4.69, 9.17) is 10.5 Å². The Hall–Kier alpha value is -6.33. The fourth-order valence-electron chi connectivity index (χ4n) is 10.6. The van der Waals surface area contributed by atoms with Crippen LogP contribution in [0.2, 0.25) is 0 Å². The lowest BCUT2D eigenvalue weighted by Gasteiger charge is -2.43. The predicted molar refractivity (Wildman–Crippen MR) is 275 cm³/mol. The number of fused-ring (bicyclic) bond motifs is 2. The molecule has 394 valence electrons. The van der Waals surface area contributed by atoms with Gasteiger partial charge < -0.3 is 46.2 Å². The number of benzene rings is 3.